The summed E-state index contributed by atoms with van der Waals surface area (Å²) < 4.78 is 0. The van der Waals surface area contributed by atoms with Crippen LogP contribution in [-0.2, 0) is 0 Å². The number of amides is 1. The molecule has 3 aromatic rings. The maximum atomic E-state index is 12.2. The monoisotopic (exact) mass is 348 g/mol. The lowest BCUT2D eigenvalue weighted by atomic mass is 10.1. The number of anilines is 1. The van der Waals surface area contributed by atoms with E-state index in [1.807, 2.05) is 6.07 Å². The third kappa shape index (κ3) is 3.25. The van der Waals surface area contributed by atoms with Crippen LogP contribution >= 0.6 is 0 Å². The van der Waals surface area contributed by atoms with Crippen LogP contribution in [0.4, 0.5) is 11.6 Å². The number of nitrogens with zero attached hydrogens (tertiary/aromatic N) is 4. The van der Waals surface area contributed by atoms with Crippen LogP contribution < -0.4 is 5.32 Å². The lowest BCUT2D eigenvalue weighted by Crippen LogP contribution is -2.13. The molecule has 0 aliphatic carbocycles. The van der Waals surface area contributed by atoms with Crippen LogP contribution in [-0.4, -0.2) is 26.0 Å². The summed E-state index contributed by atoms with van der Waals surface area (Å²) in [6.07, 6.45) is 0. The molecule has 0 spiro atoms. The topological polar surface area (TPSA) is 138 Å². The summed E-state index contributed by atoms with van der Waals surface area (Å²) in [5.74, 6) is -0.351. The SMILES string of the molecule is Cc1cccc(-c2nc(NC(=O)c3cccc(C#N)c3)n[nH]2)c1[N+](=O)[O-]. The first-order valence-corrected chi connectivity index (χ1v) is 7.48. The Morgan fingerprint density at radius 1 is 1.31 bits per heavy atom. The largest absolute Gasteiger partial charge is 0.289 e. The van der Waals surface area contributed by atoms with Gasteiger partial charge in [0.25, 0.3) is 11.6 Å². The van der Waals surface area contributed by atoms with Crippen LogP contribution in [0.15, 0.2) is 42.5 Å². The normalized spacial score (nSPS) is 10.2. The lowest BCUT2D eigenvalue weighted by Gasteiger charge is -2.02. The summed E-state index contributed by atoms with van der Waals surface area (Å²) in [5.41, 5.74) is 1.31. The number of nitro benzene ring substituents is 1. The van der Waals surface area contributed by atoms with E-state index in [4.69, 9.17) is 5.26 Å². The highest BCUT2D eigenvalue weighted by Gasteiger charge is 2.21. The Hall–Kier alpha value is -4.06. The molecule has 0 saturated heterocycles. The number of nitro groups is 1. The number of carbonyl (C=O) groups is 1. The van der Waals surface area contributed by atoms with Crippen molar-refractivity contribution in [1.82, 2.24) is 15.2 Å². The molecule has 0 saturated carbocycles. The molecule has 9 nitrogen and oxygen atoms in total. The summed E-state index contributed by atoms with van der Waals surface area (Å²) in [4.78, 5) is 27.1. The minimum atomic E-state index is -0.494. The first-order valence-electron chi connectivity index (χ1n) is 7.48. The first-order chi connectivity index (χ1) is 12.5. The van der Waals surface area contributed by atoms with Crippen molar-refractivity contribution in [3.63, 3.8) is 0 Å². The molecule has 9 heteroatoms. The smallest absolute Gasteiger partial charge is 0.283 e. The predicted molar refractivity (Wildman–Crippen MR) is 92.3 cm³/mol. The summed E-state index contributed by atoms with van der Waals surface area (Å²) in [6, 6.07) is 13.0. The van der Waals surface area contributed by atoms with E-state index in [1.165, 1.54) is 6.07 Å². The van der Waals surface area contributed by atoms with E-state index in [-0.39, 0.29) is 28.6 Å². The summed E-state index contributed by atoms with van der Waals surface area (Å²) in [5, 5.41) is 29.1. The molecule has 0 aliphatic heterocycles. The Morgan fingerprint density at radius 3 is 2.81 bits per heavy atom. The second-order valence-corrected chi connectivity index (χ2v) is 5.38. The molecular formula is C17H12N6O3. The summed E-state index contributed by atoms with van der Waals surface area (Å²) in [7, 11) is 0. The van der Waals surface area contributed by atoms with Crippen molar-refractivity contribution in [3.8, 4) is 17.5 Å². The minimum Gasteiger partial charge on any atom is -0.289 e. The Morgan fingerprint density at radius 2 is 2.08 bits per heavy atom. The number of hydrogen-bond donors (Lipinski definition) is 2. The number of aromatic amines is 1. The molecule has 0 fully saturated rings. The van der Waals surface area contributed by atoms with Gasteiger partial charge in [-0.1, -0.05) is 18.2 Å². The predicted octanol–water partition coefficient (Wildman–Crippen LogP) is 2.81. The van der Waals surface area contributed by atoms with Gasteiger partial charge in [0.15, 0.2) is 5.82 Å². The first kappa shape index (κ1) is 16.8. The maximum absolute atomic E-state index is 12.2. The Kier molecular flexibility index (Phi) is 4.40. The highest BCUT2D eigenvalue weighted by molar-refractivity contribution is 6.03. The summed E-state index contributed by atoms with van der Waals surface area (Å²) in [6.45, 7) is 1.63. The number of aryl methyl sites for hydroxylation is 1. The zero-order valence-electron chi connectivity index (χ0n) is 13.6. The van der Waals surface area contributed by atoms with Crippen molar-refractivity contribution in [2.45, 2.75) is 6.92 Å². The molecule has 0 unspecified atom stereocenters. The number of benzene rings is 2. The van der Waals surface area contributed by atoms with Gasteiger partial charge >= 0.3 is 0 Å². The molecule has 1 amide bonds. The van der Waals surface area contributed by atoms with Gasteiger partial charge in [-0.3, -0.25) is 25.3 Å². The van der Waals surface area contributed by atoms with E-state index >= 15 is 0 Å². The average Bonchev–Trinajstić information content (AvgIpc) is 3.09. The van der Waals surface area contributed by atoms with E-state index in [9.17, 15) is 14.9 Å². The van der Waals surface area contributed by atoms with Gasteiger partial charge in [-0.15, -0.1) is 5.10 Å². The highest BCUT2D eigenvalue weighted by Crippen LogP contribution is 2.30. The van der Waals surface area contributed by atoms with Crippen molar-refractivity contribution < 1.29 is 9.72 Å². The van der Waals surface area contributed by atoms with Crippen LogP contribution in [0.1, 0.15) is 21.5 Å². The number of aromatic nitrogens is 3. The van der Waals surface area contributed by atoms with Crippen molar-refractivity contribution in [3.05, 3.63) is 69.3 Å². The second kappa shape index (κ2) is 6.82. The molecule has 2 N–H and O–H groups in total. The van der Waals surface area contributed by atoms with Gasteiger partial charge in [0.05, 0.1) is 22.1 Å². The number of H-pyrrole nitrogens is 1. The van der Waals surface area contributed by atoms with Crippen molar-refractivity contribution in [2.24, 2.45) is 0 Å². The molecule has 1 heterocycles. The van der Waals surface area contributed by atoms with Gasteiger partial charge in [0.2, 0.25) is 5.95 Å². The van der Waals surface area contributed by atoms with Crippen LogP contribution in [0.2, 0.25) is 0 Å². The average molecular weight is 348 g/mol. The molecule has 0 bridgehead atoms. The van der Waals surface area contributed by atoms with Gasteiger partial charge in [-0.05, 0) is 31.2 Å². The van der Waals surface area contributed by atoms with Crippen LogP contribution in [0.25, 0.3) is 11.4 Å². The maximum Gasteiger partial charge on any atom is 0.283 e. The Labute approximate surface area is 147 Å². The van der Waals surface area contributed by atoms with E-state index in [0.717, 1.165) is 0 Å². The van der Waals surface area contributed by atoms with Gasteiger partial charge in [0.1, 0.15) is 0 Å². The van der Waals surface area contributed by atoms with Crippen LogP contribution in [0.3, 0.4) is 0 Å². The van der Waals surface area contributed by atoms with Crippen LogP contribution in [0.5, 0.6) is 0 Å². The van der Waals surface area contributed by atoms with Crippen molar-refractivity contribution in [1.29, 1.82) is 5.26 Å². The number of para-hydroxylation sites is 1. The zero-order valence-corrected chi connectivity index (χ0v) is 13.6. The number of carbonyl (C=O) groups excluding carboxylic acids is 1. The minimum absolute atomic E-state index is 0.0248. The van der Waals surface area contributed by atoms with Gasteiger partial charge in [-0.2, -0.15) is 10.2 Å². The number of rotatable bonds is 4. The van der Waals surface area contributed by atoms with E-state index in [0.29, 0.717) is 11.1 Å². The van der Waals surface area contributed by atoms with Crippen molar-refractivity contribution >= 4 is 17.5 Å². The molecule has 0 atom stereocenters. The number of nitrogens with one attached hydrogen (secondary N) is 2. The number of hydrogen-bond acceptors (Lipinski definition) is 6. The molecule has 128 valence electrons. The third-order valence-electron chi connectivity index (χ3n) is 3.64. The van der Waals surface area contributed by atoms with E-state index in [2.05, 4.69) is 20.5 Å². The Balaban J connectivity index is 1.87. The zero-order chi connectivity index (χ0) is 18.7. The third-order valence-corrected chi connectivity index (χ3v) is 3.64. The van der Waals surface area contributed by atoms with Gasteiger partial charge in [-0.25, -0.2) is 0 Å². The number of nitriles is 1. The fourth-order valence-corrected chi connectivity index (χ4v) is 2.43. The van der Waals surface area contributed by atoms with Gasteiger partial charge in [0, 0.05) is 11.1 Å². The second-order valence-electron chi connectivity index (χ2n) is 5.38. The van der Waals surface area contributed by atoms with Gasteiger partial charge < -0.3 is 0 Å². The summed E-state index contributed by atoms with van der Waals surface area (Å²) >= 11 is 0. The van der Waals surface area contributed by atoms with E-state index < -0.39 is 10.8 Å². The van der Waals surface area contributed by atoms with E-state index in [1.54, 1.807) is 43.3 Å². The molecule has 1 aromatic heterocycles. The van der Waals surface area contributed by atoms with Crippen LogP contribution in [0, 0.1) is 28.4 Å². The fraction of sp³-hybridized carbons (Fsp3) is 0.0588. The quantitative estimate of drug-likeness (QED) is 0.549. The lowest BCUT2D eigenvalue weighted by molar-refractivity contribution is -0.384. The molecule has 2 aromatic carbocycles. The standard InChI is InChI=1S/C17H12N6O3/c1-10-4-2-7-13(14(10)23(25)26)15-19-17(22-21-15)20-16(24)12-6-3-5-11(8-12)9-18/h2-8H,1H3,(H2,19,20,21,22,24). The molecule has 26 heavy (non-hydrogen) atoms. The molecule has 0 radical (unpaired) electrons. The highest BCUT2D eigenvalue weighted by atomic mass is 16.6. The molecule has 0 aliphatic rings. The molecular weight excluding hydrogens is 336 g/mol. The Bertz CT molecular complexity index is 1050. The van der Waals surface area contributed by atoms with Crippen molar-refractivity contribution in [2.75, 3.05) is 5.32 Å². The fourth-order valence-electron chi connectivity index (χ4n) is 2.43. The molecule has 3 rings (SSSR count).